The van der Waals surface area contributed by atoms with E-state index in [-0.39, 0.29) is 24.1 Å². The minimum absolute atomic E-state index is 0.0856. The van der Waals surface area contributed by atoms with Crippen LogP contribution in [0.25, 0.3) is 0 Å². The van der Waals surface area contributed by atoms with Crippen LogP contribution in [0, 0.1) is 5.92 Å². The van der Waals surface area contributed by atoms with Crippen molar-refractivity contribution < 1.29 is 14.3 Å². The summed E-state index contributed by atoms with van der Waals surface area (Å²) in [4.78, 5) is 28.4. The largest absolute Gasteiger partial charge is 0.460 e. The molecule has 0 unspecified atom stereocenters. The molecule has 0 radical (unpaired) electrons. The quantitative estimate of drug-likeness (QED) is 0.269. The van der Waals surface area contributed by atoms with Gasteiger partial charge in [0.1, 0.15) is 17.2 Å². The highest BCUT2D eigenvalue weighted by Crippen LogP contribution is 2.32. The Bertz CT molecular complexity index is 1220. The van der Waals surface area contributed by atoms with Crippen molar-refractivity contribution in [1.29, 1.82) is 0 Å². The average Bonchev–Trinajstić information content (AvgIpc) is 2.83. The van der Waals surface area contributed by atoms with E-state index in [4.69, 9.17) is 10.5 Å². The molecule has 0 fully saturated rings. The number of anilines is 2. The molecule has 0 saturated heterocycles. The third-order valence-electron chi connectivity index (χ3n) is 4.64. The second kappa shape index (κ2) is 12.1. The highest BCUT2D eigenvalue weighted by molar-refractivity contribution is 5.99. The molecule has 3 rings (SSSR count). The zero-order valence-electron chi connectivity index (χ0n) is 19.7. The lowest BCUT2D eigenvalue weighted by atomic mass is 10.1. The van der Waals surface area contributed by atoms with Gasteiger partial charge >= 0.3 is 0 Å². The molecule has 2 amide bonds. The number of carbonyl (C=O) groups excluding carboxylic acids is 2. The molecule has 0 aliphatic heterocycles. The highest BCUT2D eigenvalue weighted by atomic mass is 16.5. The van der Waals surface area contributed by atoms with Crippen molar-refractivity contribution >= 4 is 34.8 Å². The monoisotopic (exact) mass is 472 g/mol. The normalized spacial score (nSPS) is 10.8. The standard InChI is InChI=1S/C26H28N6O3/c1-17(2)15-18(3)35-22-12-8-7-11-20(22)31-32-21-13-14-23(30-25(21)27)29-24(33)16-28-26(34)19-9-5-4-6-10-19/h4-14,17H,3,15-16H2,1-2H3,(H,28,34)(H3,27,29,30,33)/b32-31+. The van der Waals surface area contributed by atoms with Gasteiger partial charge < -0.3 is 21.1 Å². The second-order valence-corrected chi connectivity index (χ2v) is 8.10. The molecule has 1 aromatic heterocycles. The smallest absolute Gasteiger partial charge is 0.251 e. The number of carbonyl (C=O) groups is 2. The molecule has 4 N–H and O–H groups in total. The summed E-state index contributed by atoms with van der Waals surface area (Å²) in [7, 11) is 0. The minimum Gasteiger partial charge on any atom is -0.460 e. The molecule has 180 valence electrons. The lowest BCUT2D eigenvalue weighted by molar-refractivity contribution is -0.115. The van der Waals surface area contributed by atoms with Crippen molar-refractivity contribution in [3.8, 4) is 5.75 Å². The maximum absolute atomic E-state index is 12.2. The van der Waals surface area contributed by atoms with E-state index in [1.165, 1.54) is 0 Å². The lowest BCUT2D eigenvalue weighted by Gasteiger charge is -2.12. The summed E-state index contributed by atoms with van der Waals surface area (Å²) >= 11 is 0. The molecule has 9 heteroatoms. The SMILES string of the molecule is C=C(CC(C)C)Oc1ccccc1/N=N/c1ccc(NC(=O)CNC(=O)c2ccccc2)nc1N. The van der Waals surface area contributed by atoms with E-state index >= 15 is 0 Å². The fraction of sp³-hybridized carbons (Fsp3) is 0.192. The van der Waals surface area contributed by atoms with E-state index in [0.717, 1.165) is 6.42 Å². The van der Waals surface area contributed by atoms with Gasteiger partial charge in [0.15, 0.2) is 11.6 Å². The Labute approximate surface area is 204 Å². The number of nitrogen functional groups attached to an aromatic ring is 1. The first-order chi connectivity index (χ1) is 16.8. The summed E-state index contributed by atoms with van der Waals surface area (Å²) in [5.41, 5.74) is 7.31. The fourth-order valence-corrected chi connectivity index (χ4v) is 3.05. The summed E-state index contributed by atoms with van der Waals surface area (Å²) in [6.45, 7) is 7.91. The predicted octanol–water partition coefficient (Wildman–Crippen LogP) is 5.39. The van der Waals surface area contributed by atoms with Crippen molar-refractivity contribution in [3.05, 3.63) is 84.6 Å². The van der Waals surface area contributed by atoms with Crippen LogP contribution >= 0.6 is 0 Å². The van der Waals surface area contributed by atoms with Gasteiger partial charge in [-0.1, -0.05) is 50.8 Å². The number of azo groups is 1. The molecule has 0 aliphatic rings. The number of nitrogens with one attached hydrogen (secondary N) is 2. The topological polar surface area (TPSA) is 131 Å². The number of aromatic nitrogens is 1. The molecule has 9 nitrogen and oxygen atoms in total. The van der Waals surface area contributed by atoms with Crippen LogP contribution in [0.2, 0.25) is 0 Å². The molecule has 3 aromatic rings. The van der Waals surface area contributed by atoms with Crippen molar-refractivity contribution in [2.24, 2.45) is 16.1 Å². The number of rotatable bonds is 10. The van der Waals surface area contributed by atoms with Gasteiger partial charge in [-0.25, -0.2) is 4.98 Å². The molecule has 0 bridgehead atoms. The summed E-state index contributed by atoms with van der Waals surface area (Å²) < 4.78 is 5.83. The van der Waals surface area contributed by atoms with Gasteiger partial charge in [0.25, 0.3) is 5.91 Å². The van der Waals surface area contributed by atoms with Crippen LogP contribution in [0.4, 0.5) is 23.0 Å². The highest BCUT2D eigenvalue weighted by Gasteiger charge is 2.10. The Hall–Kier alpha value is -4.53. The van der Waals surface area contributed by atoms with Crippen LogP contribution in [-0.2, 0) is 4.79 Å². The van der Waals surface area contributed by atoms with Crippen LogP contribution in [0.5, 0.6) is 5.75 Å². The van der Waals surface area contributed by atoms with Crippen LogP contribution in [0.15, 0.2) is 89.3 Å². The molecule has 0 aliphatic carbocycles. The summed E-state index contributed by atoms with van der Waals surface area (Å²) in [6.07, 6.45) is 0.728. The van der Waals surface area contributed by atoms with Crippen molar-refractivity contribution in [1.82, 2.24) is 10.3 Å². The zero-order chi connectivity index (χ0) is 25.2. The molecule has 0 saturated carbocycles. The second-order valence-electron chi connectivity index (χ2n) is 8.10. The van der Waals surface area contributed by atoms with Crippen LogP contribution in [-0.4, -0.2) is 23.3 Å². The number of amides is 2. The Morgan fingerprint density at radius 2 is 1.69 bits per heavy atom. The number of pyridine rings is 1. The van der Waals surface area contributed by atoms with E-state index in [1.807, 2.05) is 12.1 Å². The number of hydrogen-bond donors (Lipinski definition) is 3. The van der Waals surface area contributed by atoms with Crippen LogP contribution in [0.3, 0.4) is 0 Å². The lowest BCUT2D eigenvalue weighted by Crippen LogP contribution is -2.33. The van der Waals surface area contributed by atoms with Gasteiger partial charge in [-0.15, -0.1) is 10.2 Å². The maximum atomic E-state index is 12.2. The summed E-state index contributed by atoms with van der Waals surface area (Å²) in [5.74, 6) is 1.13. The number of benzene rings is 2. The first-order valence-electron chi connectivity index (χ1n) is 11.1. The van der Waals surface area contributed by atoms with Crippen LogP contribution in [0.1, 0.15) is 30.6 Å². The zero-order valence-corrected chi connectivity index (χ0v) is 19.7. The van der Waals surface area contributed by atoms with E-state index < -0.39 is 5.91 Å². The Morgan fingerprint density at radius 3 is 2.40 bits per heavy atom. The molecular formula is C26H28N6O3. The number of allylic oxidation sites excluding steroid dienone is 1. The van der Waals surface area contributed by atoms with Crippen LogP contribution < -0.4 is 21.1 Å². The molecule has 0 spiro atoms. The number of nitrogens with zero attached hydrogens (tertiary/aromatic N) is 3. The first-order valence-corrected chi connectivity index (χ1v) is 11.1. The van der Waals surface area contributed by atoms with Gasteiger partial charge in [0.05, 0.1) is 12.3 Å². The van der Waals surface area contributed by atoms with E-state index in [0.29, 0.717) is 34.4 Å². The molecular weight excluding hydrogens is 444 g/mol. The Morgan fingerprint density at radius 1 is 1.00 bits per heavy atom. The summed E-state index contributed by atoms with van der Waals surface area (Å²) in [6, 6.07) is 19.0. The van der Waals surface area contributed by atoms with E-state index in [2.05, 4.69) is 46.3 Å². The third kappa shape index (κ3) is 7.78. The van der Waals surface area contributed by atoms with Gasteiger partial charge in [-0.05, 0) is 42.3 Å². The van der Waals surface area contributed by atoms with Crippen molar-refractivity contribution in [3.63, 3.8) is 0 Å². The minimum atomic E-state index is -0.441. The summed E-state index contributed by atoms with van der Waals surface area (Å²) in [5, 5.41) is 13.6. The average molecular weight is 473 g/mol. The number of nitrogens with two attached hydrogens (primary N) is 1. The van der Waals surface area contributed by atoms with Gasteiger partial charge in [0.2, 0.25) is 5.91 Å². The van der Waals surface area contributed by atoms with Crippen molar-refractivity contribution in [2.75, 3.05) is 17.6 Å². The van der Waals surface area contributed by atoms with E-state index in [1.54, 1.807) is 54.6 Å². The number of para-hydroxylation sites is 1. The first kappa shape index (κ1) is 25.1. The van der Waals surface area contributed by atoms with Gasteiger partial charge in [-0.3, -0.25) is 9.59 Å². The Balaban J connectivity index is 1.60. The maximum Gasteiger partial charge on any atom is 0.251 e. The van der Waals surface area contributed by atoms with Gasteiger partial charge in [0, 0.05) is 12.0 Å². The van der Waals surface area contributed by atoms with E-state index in [9.17, 15) is 9.59 Å². The molecule has 1 heterocycles. The Kier molecular flexibility index (Phi) is 8.66. The number of ether oxygens (including phenoxy) is 1. The van der Waals surface area contributed by atoms with Crippen molar-refractivity contribution in [2.45, 2.75) is 20.3 Å². The predicted molar refractivity (Wildman–Crippen MR) is 136 cm³/mol. The van der Waals surface area contributed by atoms with Gasteiger partial charge in [-0.2, -0.15) is 0 Å². The molecule has 2 aromatic carbocycles. The molecule has 0 atom stereocenters. The third-order valence-corrected chi connectivity index (χ3v) is 4.64. The molecule has 35 heavy (non-hydrogen) atoms. The number of hydrogen-bond acceptors (Lipinski definition) is 7. The fourth-order valence-electron chi connectivity index (χ4n) is 3.05.